The van der Waals surface area contributed by atoms with Crippen LogP contribution in [0, 0.1) is 6.92 Å². The van der Waals surface area contributed by atoms with Crippen molar-refractivity contribution in [3.05, 3.63) is 6.92 Å². The summed E-state index contributed by atoms with van der Waals surface area (Å²) in [6, 6.07) is 0. The quantitative estimate of drug-likeness (QED) is 0.327. The summed E-state index contributed by atoms with van der Waals surface area (Å²) in [5, 5.41) is 0.812. The van der Waals surface area contributed by atoms with E-state index in [9.17, 15) is 0 Å². The maximum Gasteiger partial charge on any atom is 0.187 e. The molecule has 0 fully saturated rings. The Bertz CT molecular complexity index is 6.00. The molecule has 0 unspecified atom stereocenters. The summed E-state index contributed by atoms with van der Waals surface area (Å²) in [5.74, 6) is 0. The van der Waals surface area contributed by atoms with Crippen molar-refractivity contribution in [2.75, 3.05) is 5.33 Å². The van der Waals surface area contributed by atoms with Gasteiger partial charge in [-0.2, -0.15) is 0 Å². The molecule has 25 valence electrons. The lowest BCUT2D eigenvalue weighted by Gasteiger charge is -1.45. The van der Waals surface area contributed by atoms with Crippen LogP contribution >= 0.6 is 15.9 Å². The predicted molar refractivity (Wildman–Crippen MR) is 29.1 cm³/mol. The molecule has 0 saturated heterocycles. The van der Waals surface area contributed by atoms with Gasteiger partial charge < -0.3 is 0 Å². The fourth-order valence-electron chi connectivity index (χ4n) is 0. The molecule has 0 aromatic rings. The summed E-state index contributed by atoms with van der Waals surface area (Å²) < 4.78 is 0. The van der Waals surface area contributed by atoms with E-state index in [1.54, 1.807) is 0 Å². The van der Waals surface area contributed by atoms with E-state index in [1.807, 2.05) is 0 Å². The molecule has 4 heavy (non-hydrogen) atoms. The van der Waals surface area contributed by atoms with Crippen molar-refractivity contribution in [3.63, 3.8) is 0 Å². The zero-order valence-corrected chi connectivity index (χ0v) is 3.38. The predicted octanol–water partition coefficient (Wildman–Crippen LogP) is 0.0315. The minimum atomic E-state index is 0. The van der Waals surface area contributed by atoms with Crippen molar-refractivity contribution in [3.8, 4) is 0 Å². The molecular formula is C2H7AlBr. The highest BCUT2D eigenvalue weighted by Crippen LogP contribution is 1.66. The van der Waals surface area contributed by atoms with Crippen LogP contribution in [0.25, 0.3) is 0 Å². The highest BCUT2D eigenvalue weighted by atomic mass is 79.9. The molecule has 0 rings (SSSR count). The molecule has 0 aromatic heterocycles. The second-order valence-electron chi connectivity index (χ2n) is 0.189. The Kier molecular flexibility index (Phi) is 20.0. The first-order valence-corrected chi connectivity index (χ1v) is 1.89. The first-order valence-electron chi connectivity index (χ1n) is 0.767. The zero-order valence-electron chi connectivity index (χ0n) is 1.79. The Balaban J connectivity index is 0. The van der Waals surface area contributed by atoms with Gasteiger partial charge >= 0.3 is 0 Å². The van der Waals surface area contributed by atoms with Gasteiger partial charge in [-0.15, -0.1) is 0 Å². The maximum absolute atomic E-state index is 3.40. The Labute approximate surface area is 45.8 Å². The largest absolute Gasteiger partial charge is 0.187 e. The lowest BCUT2D eigenvalue weighted by atomic mass is 11.0. The van der Waals surface area contributed by atoms with Gasteiger partial charge in [-0.25, -0.2) is 0 Å². The van der Waals surface area contributed by atoms with E-state index in [0.717, 1.165) is 5.33 Å². The van der Waals surface area contributed by atoms with E-state index in [0.29, 0.717) is 0 Å². The number of hydrogen-bond donors (Lipinski definition) is 0. The zero-order chi connectivity index (χ0) is 2.71. The van der Waals surface area contributed by atoms with Crippen LogP contribution in [0.3, 0.4) is 0 Å². The topological polar surface area (TPSA) is 0 Å². The third kappa shape index (κ3) is 11.9. The molecule has 1 radical (unpaired) electrons. The van der Waals surface area contributed by atoms with Gasteiger partial charge in [0.25, 0.3) is 0 Å². The van der Waals surface area contributed by atoms with Crippen LogP contribution in [0.5, 0.6) is 0 Å². The fourth-order valence-corrected chi connectivity index (χ4v) is 0. The molecule has 0 aliphatic carbocycles. The van der Waals surface area contributed by atoms with Gasteiger partial charge in [0.05, 0.1) is 0 Å². The molecule has 0 atom stereocenters. The van der Waals surface area contributed by atoms with Crippen LogP contribution in [0.1, 0.15) is 0 Å². The van der Waals surface area contributed by atoms with Crippen LogP contribution in [0.2, 0.25) is 0 Å². The number of alkyl halides is 1. The van der Waals surface area contributed by atoms with Gasteiger partial charge in [0.1, 0.15) is 0 Å². The first-order chi connectivity index (χ1) is 1.41. The summed E-state index contributed by atoms with van der Waals surface area (Å²) in [4.78, 5) is 0. The first kappa shape index (κ1) is 8.89. The lowest BCUT2D eigenvalue weighted by Crippen LogP contribution is -1.35. The Hall–Kier alpha value is 1.01. The molecule has 2 heteroatoms. The third-order valence-corrected chi connectivity index (χ3v) is 0. The molecule has 0 N–H and O–H groups in total. The number of rotatable bonds is 0. The van der Waals surface area contributed by atoms with E-state index in [4.69, 9.17) is 0 Å². The molecule has 0 spiro atoms. The number of hydrogen-bond acceptors (Lipinski definition) is 0. The van der Waals surface area contributed by atoms with Gasteiger partial charge in [-0.3, -0.25) is 0 Å². The van der Waals surface area contributed by atoms with E-state index in [-0.39, 0.29) is 17.4 Å². The highest BCUT2D eigenvalue weighted by Gasteiger charge is 1.38. The monoisotopic (exact) mass is 137 g/mol. The minimum Gasteiger partial charge on any atom is -0.0928 e. The Morgan fingerprint density at radius 1 is 1.75 bits per heavy atom. The molecule has 0 heterocycles. The van der Waals surface area contributed by atoms with E-state index >= 15 is 0 Å². The summed E-state index contributed by atoms with van der Waals surface area (Å²) >= 11 is 3.03. The summed E-state index contributed by atoms with van der Waals surface area (Å²) in [6.45, 7) is 3.40. The molecular weight excluding hydrogens is 131 g/mol. The molecule has 0 aromatic carbocycles. The van der Waals surface area contributed by atoms with Crippen LogP contribution in [0.15, 0.2) is 0 Å². The molecule has 0 bridgehead atoms. The maximum atomic E-state index is 3.40. The molecule has 0 saturated carbocycles. The van der Waals surface area contributed by atoms with Crippen LogP contribution in [0.4, 0.5) is 0 Å². The number of halogens is 1. The lowest BCUT2D eigenvalue weighted by molar-refractivity contribution is 1.88. The van der Waals surface area contributed by atoms with Crippen LogP contribution in [-0.4, -0.2) is 22.7 Å². The molecule has 0 aliphatic rings. The van der Waals surface area contributed by atoms with Crippen molar-refractivity contribution in [2.24, 2.45) is 0 Å². The van der Waals surface area contributed by atoms with E-state index < -0.39 is 0 Å². The van der Waals surface area contributed by atoms with Crippen LogP contribution in [-0.2, 0) is 0 Å². The second kappa shape index (κ2) is 8.99. The van der Waals surface area contributed by atoms with Crippen molar-refractivity contribution < 1.29 is 0 Å². The molecule has 0 amide bonds. The molecule has 0 aliphatic heterocycles. The minimum absolute atomic E-state index is 0. The summed E-state index contributed by atoms with van der Waals surface area (Å²) in [7, 11) is 0. The van der Waals surface area contributed by atoms with E-state index in [1.165, 1.54) is 0 Å². The van der Waals surface area contributed by atoms with Gasteiger partial charge in [0.2, 0.25) is 0 Å². The fraction of sp³-hybridized carbons (Fsp3) is 0.500. The second-order valence-corrected chi connectivity index (χ2v) is 0.982. The summed E-state index contributed by atoms with van der Waals surface area (Å²) in [6.07, 6.45) is 0. The van der Waals surface area contributed by atoms with Crippen LogP contribution < -0.4 is 0 Å². The summed E-state index contributed by atoms with van der Waals surface area (Å²) in [5.41, 5.74) is 0. The van der Waals surface area contributed by atoms with E-state index in [2.05, 4.69) is 22.9 Å². The van der Waals surface area contributed by atoms with Gasteiger partial charge in [-0.05, 0) is 6.92 Å². The highest BCUT2D eigenvalue weighted by molar-refractivity contribution is 9.09. The smallest absolute Gasteiger partial charge is 0.0928 e. The van der Waals surface area contributed by atoms with Crippen molar-refractivity contribution in [2.45, 2.75) is 0 Å². The van der Waals surface area contributed by atoms with Crippen molar-refractivity contribution >= 4 is 33.3 Å². The van der Waals surface area contributed by atoms with Crippen molar-refractivity contribution in [1.29, 1.82) is 0 Å². The SMILES string of the molecule is [AlH3].[CH2]CBr. The average Bonchev–Trinajstić information content (AvgIpc) is 0.918. The van der Waals surface area contributed by atoms with Gasteiger partial charge in [-0.1, -0.05) is 15.9 Å². The Morgan fingerprint density at radius 3 is 1.75 bits per heavy atom. The standard InChI is InChI=1S/C2H4Br.Al.3H/c1-2-3;;;;/h1-2H2;;;;. The normalized spacial score (nSPS) is 4.50. The Morgan fingerprint density at radius 2 is 1.75 bits per heavy atom. The van der Waals surface area contributed by atoms with Gasteiger partial charge in [0.15, 0.2) is 17.4 Å². The molecule has 0 nitrogen and oxygen atoms in total. The average molecular weight is 138 g/mol. The van der Waals surface area contributed by atoms with Gasteiger partial charge in [0, 0.05) is 5.33 Å². The third-order valence-electron chi connectivity index (χ3n) is 0. The van der Waals surface area contributed by atoms with Crippen molar-refractivity contribution in [1.82, 2.24) is 0 Å².